The molecule has 1 N–H and O–H groups in total. The molecule has 0 radical (unpaired) electrons. The Hall–Kier alpha value is -3.35. The van der Waals surface area contributed by atoms with Gasteiger partial charge in [0.15, 0.2) is 0 Å². The standard InChI is InChI=1S/C25H22ClN3O3/c26-18-4-3-5-19(15-18)29-12-10-28(11-13-29)16-21-23(30)8-7-17-14-20(25(31)32-24(17)21)22-6-1-2-9-27-22/h1-9,14-15,30H,10-13,16H2. The molecule has 1 aliphatic rings. The van der Waals surface area contributed by atoms with Crippen molar-refractivity contribution in [1.82, 2.24) is 9.88 Å². The number of hydrogen-bond donors (Lipinski definition) is 1. The summed E-state index contributed by atoms with van der Waals surface area (Å²) >= 11 is 6.13. The average Bonchev–Trinajstić information content (AvgIpc) is 2.82. The number of nitrogens with zero attached hydrogens (tertiary/aromatic N) is 3. The number of halogens is 1. The van der Waals surface area contributed by atoms with Gasteiger partial charge in [0.2, 0.25) is 0 Å². The molecule has 1 aliphatic heterocycles. The van der Waals surface area contributed by atoms with Crippen molar-refractivity contribution in [3.63, 3.8) is 0 Å². The highest BCUT2D eigenvalue weighted by Gasteiger charge is 2.21. The lowest BCUT2D eigenvalue weighted by molar-refractivity contribution is 0.246. The summed E-state index contributed by atoms with van der Waals surface area (Å²) in [5, 5.41) is 12.0. The molecule has 162 valence electrons. The van der Waals surface area contributed by atoms with E-state index < -0.39 is 5.63 Å². The molecule has 0 saturated carbocycles. The number of benzene rings is 2. The number of phenolic OH excluding ortho intramolecular Hbond substituents is 1. The number of pyridine rings is 1. The quantitative estimate of drug-likeness (QED) is 0.463. The van der Waals surface area contributed by atoms with Crippen LogP contribution in [-0.4, -0.2) is 41.2 Å². The number of fused-ring (bicyclic) bond motifs is 1. The Morgan fingerprint density at radius 2 is 1.84 bits per heavy atom. The Bertz CT molecular complexity index is 1320. The maximum atomic E-state index is 12.7. The lowest BCUT2D eigenvalue weighted by Crippen LogP contribution is -2.46. The number of hydrogen-bond acceptors (Lipinski definition) is 6. The van der Waals surface area contributed by atoms with Gasteiger partial charge >= 0.3 is 5.63 Å². The molecule has 32 heavy (non-hydrogen) atoms. The Kier molecular flexibility index (Phi) is 5.55. The number of aromatic hydroxyl groups is 1. The van der Waals surface area contributed by atoms with Crippen LogP contribution in [0.1, 0.15) is 5.56 Å². The fourth-order valence-electron chi connectivity index (χ4n) is 4.15. The molecule has 2 aromatic heterocycles. The van der Waals surface area contributed by atoms with Crippen molar-refractivity contribution >= 4 is 28.3 Å². The van der Waals surface area contributed by atoms with Crippen LogP contribution in [0.3, 0.4) is 0 Å². The van der Waals surface area contributed by atoms with Crippen molar-refractivity contribution in [2.45, 2.75) is 6.54 Å². The second-order valence-corrected chi connectivity index (χ2v) is 8.32. The summed E-state index contributed by atoms with van der Waals surface area (Å²) in [7, 11) is 0. The second kappa shape index (κ2) is 8.65. The first-order valence-corrected chi connectivity index (χ1v) is 10.9. The molecule has 1 saturated heterocycles. The zero-order valence-corrected chi connectivity index (χ0v) is 18.1. The molecule has 5 rings (SSSR count). The van der Waals surface area contributed by atoms with Gasteiger partial charge in [-0.2, -0.15) is 0 Å². The van der Waals surface area contributed by atoms with Crippen LogP contribution in [0.2, 0.25) is 5.02 Å². The van der Waals surface area contributed by atoms with E-state index in [0.717, 1.165) is 42.3 Å². The van der Waals surface area contributed by atoms with E-state index in [9.17, 15) is 9.90 Å². The summed E-state index contributed by atoms with van der Waals surface area (Å²) < 4.78 is 5.70. The fourth-order valence-corrected chi connectivity index (χ4v) is 4.33. The summed E-state index contributed by atoms with van der Waals surface area (Å²) in [5.41, 5.74) is 2.67. The number of aromatic nitrogens is 1. The molecule has 0 bridgehead atoms. The van der Waals surface area contributed by atoms with E-state index >= 15 is 0 Å². The highest BCUT2D eigenvalue weighted by atomic mass is 35.5. The molecule has 2 aromatic carbocycles. The van der Waals surface area contributed by atoms with Crippen LogP contribution in [-0.2, 0) is 6.54 Å². The van der Waals surface area contributed by atoms with E-state index in [1.807, 2.05) is 24.3 Å². The minimum Gasteiger partial charge on any atom is -0.507 e. The van der Waals surface area contributed by atoms with Crippen LogP contribution in [0.5, 0.6) is 5.75 Å². The monoisotopic (exact) mass is 447 g/mol. The van der Waals surface area contributed by atoms with Crippen molar-refractivity contribution < 1.29 is 9.52 Å². The summed E-state index contributed by atoms with van der Waals surface area (Å²) in [6.45, 7) is 3.83. The number of phenols is 1. The van der Waals surface area contributed by atoms with Gasteiger partial charge in [-0.15, -0.1) is 0 Å². The van der Waals surface area contributed by atoms with Gasteiger partial charge in [0.25, 0.3) is 0 Å². The van der Waals surface area contributed by atoms with Gasteiger partial charge in [0, 0.05) is 55.0 Å². The van der Waals surface area contributed by atoms with E-state index in [-0.39, 0.29) is 5.75 Å². The molecule has 7 heteroatoms. The van der Waals surface area contributed by atoms with E-state index in [1.165, 1.54) is 0 Å². The van der Waals surface area contributed by atoms with Gasteiger partial charge in [0.1, 0.15) is 11.3 Å². The van der Waals surface area contributed by atoms with E-state index in [2.05, 4.69) is 20.9 Å². The maximum Gasteiger partial charge on any atom is 0.345 e. The van der Waals surface area contributed by atoms with Gasteiger partial charge < -0.3 is 14.4 Å². The van der Waals surface area contributed by atoms with Gasteiger partial charge in [-0.05, 0) is 48.5 Å². The summed E-state index contributed by atoms with van der Waals surface area (Å²) in [6.07, 6.45) is 1.64. The molecule has 0 unspecified atom stereocenters. The van der Waals surface area contributed by atoms with Gasteiger partial charge in [-0.3, -0.25) is 9.88 Å². The minimum absolute atomic E-state index is 0.128. The second-order valence-electron chi connectivity index (χ2n) is 7.89. The third kappa shape index (κ3) is 4.07. The zero-order valence-electron chi connectivity index (χ0n) is 17.4. The average molecular weight is 448 g/mol. The third-order valence-corrected chi connectivity index (χ3v) is 6.08. The van der Waals surface area contributed by atoms with Crippen molar-refractivity contribution in [3.8, 4) is 17.0 Å². The molecule has 4 aromatic rings. The smallest absolute Gasteiger partial charge is 0.345 e. The predicted octanol–water partition coefficient (Wildman–Crippen LogP) is 4.54. The van der Waals surface area contributed by atoms with Crippen molar-refractivity contribution in [2.75, 3.05) is 31.1 Å². The highest BCUT2D eigenvalue weighted by molar-refractivity contribution is 6.30. The molecule has 3 heterocycles. The van der Waals surface area contributed by atoms with Crippen LogP contribution in [0.15, 0.2) is 76.1 Å². The Morgan fingerprint density at radius 1 is 1.00 bits per heavy atom. The Labute approximate surface area is 190 Å². The highest BCUT2D eigenvalue weighted by Crippen LogP contribution is 2.30. The maximum absolute atomic E-state index is 12.7. The van der Waals surface area contributed by atoms with Crippen molar-refractivity contribution in [1.29, 1.82) is 0 Å². The number of rotatable bonds is 4. The molecule has 6 nitrogen and oxygen atoms in total. The van der Waals surface area contributed by atoms with Crippen LogP contribution in [0, 0.1) is 0 Å². The van der Waals surface area contributed by atoms with E-state index in [4.69, 9.17) is 16.0 Å². The van der Waals surface area contributed by atoms with E-state index in [0.29, 0.717) is 28.9 Å². The van der Waals surface area contributed by atoms with Crippen LogP contribution in [0.4, 0.5) is 5.69 Å². The lowest BCUT2D eigenvalue weighted by atomic mass is 10.1. The minimum atomic E-state index is -0.464. The van der Waals surface area contributed by atoms with Gasteiger partial charge in [0.05, 0.1) is 16.8 Å². The van der Waals surface area contributed by atoms with Crippen LogP contribution >= 0.6 is 11.6 Å². The molecular weight excluding hydrogens is 426 g/mol. The largest absolute Gasteiger partial charge is 0.507 e. The molecule has 0 spiro atoms. The number of anilines is 1. The SMILES string of the molecule is O=c1oc2c(CN3CCN(c4cccc(Cl)c4)CC3)c(O)ccc2cc1-c1ccccn1. The topological polar surface area (TPSA) is 69.8 Å². The lowest BCUT2D eigenvalue weighted by Gasteiger charge is -2.36. The first kappa shape index (κ1) is 20.5. The van der Waals surface area contributed by atoms with Crippen molar-refractivity contribution in [3.05, 3.63) is 87.9 Å². The molecule has 0 amide bonds. The predicted molar refractivity (Wildman–Crippen MR) is 126 cm³/mol. The van der Waals surface area contributed by atoms with Crippen molar-refractivity contribution in [2.24, 2.45) is 0 Å². The van der Waals surface area contributed by atoms with Gasteiger partial charge in [-0.1, -0.05) is 23.7 Å². The first-order chi connectivity index (χ1) is 15.6. The zero-order chi connectivity index (χ0) is 22.1. The Balaban J connectivity index is 1.39. The molecule has 1 fully saturated rings. The van der Waals surface area contributed by atoms with E-state index in [1.54, 1.807) is 36.5 Å². The first-order valence-electron chi connectivity index (χ1n) is 10.5. The van der Waals surface area contributed by atoms with Gasteiger partial charge in [-0.25, -0.2) is 4.79 Å². The third-order valence-electron chi connectivity index (χ3n) is 5.85. The normalized spacial score (nSPS) is 14.7. The molecule has 0 atom stereocenters. The summed E-state index contributed by atoms with van der Waals surface area (Å²) in [4.78, 5) is 21.5. The molecular formula is C25H22ClN3O3. The van der Waals surface area contributed by atoms with Crippen LogP contribution in [0.25, 0.3) is 22.2 Å². The Morgan fingerprint density at radius 3 is 2.59 bits per heavy atom. The summed E-state index contributed by atoms with van der Waals surface area (Å²) in [5.74, 6) is 0.128. The number of piperazine rings is 1. The summed E-state index contributed by atoms with van der Waals surface area (Å²) in [6, 6.07) is 18.5. The molecule has 0 aliphatic carbocycles. The fraction of sp³-hybridized carbons (Fsp3) is 0.200. The van der Waals surface area contributed by atoms with Crippen LogP contribution < -0.4 is 10.5 Å².